The van der Waals surface area contributed by atoms with Crippen molar-refractivity contribution >= 4 is 29.2 Å². The molecule has 4 rings (SSSR count). The highest BCUT2D eigenvalue weighted by atomic mass is 35.5. The van der Waals surface area contributed by atoms with E-state index in [0.717, 1.165) is 37.7 Å². The highest BCUT2D eigenvalue weighted by molar-refractivity contribution is 5.85. The molecule has 0 fully saturated rings. The molecule has 0 unspecified atom stereocenters. The Morgan fingerprint density at radius 1 is 0.926 bits per heavy atom. The molecule has 2 aromatic carbocycles. The van der Waals surface area contributed by atoms with Gasteiger partial charge in [-0.15, -0.1) is 12.4 Å². The lowest BCUT2D eigenvalue weighted by Gasteiger charge is -2.18. The fraction of sp³-hybridized carbons (Fsp3) is 0.318. The van der Waals surface area contributed by atoms with Crippen LogP contribution < -0.4 is 0 Å². The van der Waals surface area contributed by atoms with Gasteiger partial charge in [-0.05, 0) is 32.1 Å². The van der Waals surface area contributed by atoms with Crippen molar-refractivity contribution in [3.63, 3.8) is 0 Å². The van der Waals surface area contributed by atoms with Crippen molar-refractivity contribution in [2.45, 2.75) is 27.3 Å². The van der Waals surface area contributed by atoms with E-state index in [-0.39, 0.29) is 12.4 Å². The molecule has 2 aromatic heterocycles. The Labute approximate surface area is 166 Å². The number of nitrogens with zero attached hydrogens (tertiary/aromatic N) is 4. The first-order valence-electron chi connectivity index (χ1n) is 9.47. The molecule has 0 saturated carbocycles. The minimum Gasteiger partial charge on any atom is -0.308 e. The first-order valence-corrected chi connectivity index (χ1v) is 9.47. The largest absolute Gasteiger partial charge is 0.308 e. The second-order valence-electron chi connectivity index (χ2n) is 6.83. The maximum Gasteiger partial charge on any atom is 0.215 e. The minimum absolute atomic E-state index is 0. The normalized spacial score (nSPS) is 11.4. The number of halogens is 1. The summed E-state index contributed by atoms with van der Waals surface area (Å²) in [4.78, 5) is 7.44. The van der Waals surface area contributed by atoms with Gasteiger partial charge in [0.1, 0.15) is 0 Å². The molecule has 0 amide bonds. The molecule has 142 valence electrons. The van der Waals surface area contributed by atoms with Gasteiger partial charge in [-0.25, -0.2) is 4.98 Å². The molecular formula is C22H27ClN4. The number of aryl methyl sites for hydroxylation is 1. The number of hydrogen-bond donors (Lipinski definition) is 0. The van der Waals surface area contributed by atoms with Crippen molar-refractivity contribution in [3.8, 4) is 11.3 Å². The maximum atomic E-state index is 4.99. The van der Waals surface area contributed by atoms with E-state index in [0.29, 0.717) is 0 Å². The summed E-state index contributed by atoms with van der Waals surface area (Å²) in [7, 11) is 0. The summed E-state index contributed by atoms with van der Waals surface area (Å²) < 4.78 is 4.58. The monoisotopic (exact) mass is 382 g/mol. The average Bonchev–Trinajstić information content (AvgIpc) is 3.22. The SMILES string of the molecule is CCN(CC)CCn1c2ccccc2n2cc(-c3ccc(C)cc3)nc12.Cl. The van der Waals surface area contributed by atoms with E-state index in [9.17, 15) is 0 Å². The molecule has 2 heterocycles. The molecule has 27 heavy (non-hydrogen) atoms. The fourth-order valence-electron chi connectivity index (χ4n) is 3.61. The third-order valence-corrected chi connectivity index (χ3v) is 5.24. The molecule has 0 radical (unpaired) electrons. The van der Waals surface area contributed by atoms with Crippen molar-refractivity contribution in [2.24, 2.45) is 0 Å². The van der Waals surface area contributed by atoms with Gasteiger partial charge in [0.25, 0.3) is 0 Å². The third kappa shape index (κ3) is 3.60. The molecule has 0 aliphatic rings. The number of fused-ring (bicyclic) bond motifs is 3. The highest BCUT2D eigenvalue weighted by Crippen LogP contribution is 2.25. The molecule has 5 heteroatoms. The van der Waals surface area contributed by atoms with Crippen LogP contribution >= 0.6 is 12.4 Å². The van der Waals surface area contributed by atoms with Gasteiger partial charge in [0.15, 0.2) is 0 Å². The summed E-state index contributed by atoms with van der Waals surface area (Å²) in [5.74, 6) is 1.02. The van der Waals surface area contributed by atoms with E-state index in [4.69, 9.17) is 4.98 Å². The van der Waals surface area contributed by atoms with Gasteiger partial charge in [0, 0.05) is 24.8 Å². The molecule has 4 nitrogen and oxygen atoms in total. The van der Waals surface area contributed by atoms with Crippen LogP contribution in [-0.2, 0) is 6.54 Å². The van der Waals surface area contributed by atoms with Gasteiger partial charge in [0.2, 0.25) is 5.78 Å². The van der Waals surface area contributed by atoms with Crippen LogP contribution in [0.25, 0.3) is 28.1 Å². The number of rotatable bonds is 6. The van der Waals surface area contributed by atoms with Gasteiger partial charge in [-0.2, -0.15) is 0 Å². The van der Waals surface area contributed by atoms with Gasteiger partial charge in [0.05, 0.1) is 16.7 Å². The molecule has 0 saturated heterocycles. The fourth-order valence-corrected chi connectivity index (χ4v) is 3.61. The van der Waals surface area contributed by atoms with Crippen molar-refractivity contribution < 1.29 is 0 Å². The van der Waals surface area contributed by atoms with Crippen molar-refractivity contribution in [3.05, 3.63) is 60.3 Å². The Bertz CT molecular complexity index is 1030. The number of aromatic nitrogens is 3. The van der Waals surface area contributed by atoms with Crippen LogP contribution in [0.3, 0.4) is 0 Å². The van der Waals surface area contributed by atoms with Crippen LogP contribution in [0.4, 0.5) is 0 Å². The lowest BCUT2D eigenvalue weighted by Crippen LogP contribution is -2.27. The Balaban J connectivity index is 0.00000210. The molecule has 0 bridgehead atoms. The van der Waals surface area contributed by atoms with E-state index in [1.807, 2.05) is 0 Å². The number of imidazole rings is 2. The summed E-state index contributed by atoms with van der Waals surface area (Å²) in [6, 6.07) is 17.2. The lowest BCUT2D eigenvalue weighted by atomic mass is 10.1. The third-order valence-electron chi connectivity index (χ3n) is 5.24. The Morgan fingerprint density at radius 2 is 1.59 bits per heavy atom. The van der Waals surface area contributed by atoms with Gasteiger partial charge in [-0.1, -0.05) is 55.8 Å². The Kier molecular flexibility index (Phi) is 5.88. The van der Waals surface area contributed by atoms with Crippen molar-refractivity contribution in [1.82, 2.24) is 18.9 Å². The van der Waals surface area contributed by atoms with Crippen LogP contribution in [-0.4, -0.2) is 38.5 Å². The molecule has 0 aliphatic heterocycles. The number of benzene rings is 2. The molecule has 0 N–H and O–H groups in total. The Morgan fingerprint density at radius 3 is 2.26 bits per heavy atom. The van der Waals surface area contributed by atoms with Gasteiger partial charge < -0.3 is 9.47 Å². The van der Waals surface area contributed by atoms with Crippen LogP contribution in [0.15, 0.2) is 54.7 Å². The van der Waals surface area contributed by atoms with Gasteiger partial charge in [-0.3, -0.25) is 4.40 Å². The average molecular weight is 383 g/mol. The van der Waals surface area contributed by atoms with E-state index in [1.165, 1.54) is 22.2 Å². The Hall–Kier alpha value is -2.30. The second-order valence-corrected chi connectivity index (χ2v) is 6.83. The summed E-state index contributed by atoms with van der Waals surface area (Å²) >= 11 is 0. The van der Waals surface area contributed by atoms with Crippen LogP contribution in [0, 0.1) is 6.92 Å². The van der Waals surface area contributed by atoms with Crippen LogP contribution in [0.5, 0.6) is 0 Å². The minimum atomic E-state index is 0. The zero-order valence-electron chi connectivity index (χ0n) is 16.2. The topological polar surface area (TPSA) is 25.5 Å². The first-order chi connectivity index (χ1) is 12.7. The quantitative estimate of drug-likeness (QED) is 0.467. The predicted molar refractivity (Wildman–Crippen MR) is 116 cm³/mol. The zero-order valence-corrected chi connectivity index (χ0v) is 17.0. The van der Waals surface area contributed by atoms with E-state index in [2.05, 4.69) is 89.4 Å². The van der Waals surface area contributed by atoms with Crippen LogP contribution in [0.2, 0.25) is 0 Å². The van der Waals surface area contributed by atoms with Crippen LogP contribution in [0.1, 0.15) is 19.4 Å². The summed E-state index contributed by atoms with van der Waals surface area (Å²) in [5.41, 5.74) is 5.93. The van der Waals surface area contributed by atoms with E-state index in [1.54, 1.807) is 0 Å². The zero-order chi connectivity index (χ0) is 18.1. The van der Waals surface area contributed by atoms with E-state index < -0.39 is 0 Å². The first kappa shape index (κ1) is 19.5. The second kappa shape index (κ2) is 8.15. The summed E-state index contributed by atoms with van der Waals surface area (Å²) in [6.07, 6.45) is 2.16. The smallest absolute Gasteiger partial charge is 0.215 e. The van der Waals surface area contributed by atoms with Crippen molar-refractivity contribution in [2.75, 3.05) is 19.6 Å². The van der Waals surface area contributed by atoms with Gasteiger partial charge >= 0.3 is 0 Å². The molecule has 0 spiro atoms. The van der Waals surface area contributed by atoms with Crippen molar-refractivity contribution in [1.29, 1.82) is 0 Å². The molecule has 0 atom stereocenters. The standard InChI is InChI=1S/C22H26N4.ClH/c1-4-24(5-2)14-15-25-20-8-6-7-9-21(20)26-16-19(23-22(25)26)18-12-10-17(3)11-13-18;/h6-13,16H,4-5,14-15H2,1-3H3;1H. The summed E-state index contributed by atoms with van der Waals surface area (Å²) in [5, 5.41) is 0. The molecular weight excluding hydrogens is 356 g/mol. The lowest BCUT2D eigenvalue weighted by molar-refractivity contribution is 0.293. The number of likely N-dealkylation sites (N-methyl/N-ethyl adjacent to an activating group) is 1. The van der Waals surface area contributed by atoms with E-state index >= 15 is 0 Å². The highest BCUT2D eigenvalue weighted by Gasteiger charge is 2.15. The number of hydrogen-bond acceptors (Lipinski definition) is 2. The summed E-state index contributed by atoms with van der Waals surface area (Å²) in [6.45, 7) is 10.7. The predicted octanol–water partition coefficient (Wildman–Crippen LogP) is 5.03. The maximum absolute atomic E-state index is 4.99. The molecule has 0 aliphatic carbocycles. The number of para-hydroxylation sites is 2. The molecule has 4 aromatic rings.